The highest BCUT2D eigenvalue weighted by Gasteiger charge is 2.15. The first-order valence-electron chi connectivity index (χ1n) is 5.12. The lowest BCUT2D eigenvalue weighted by Crippen LogP contribution is -2.38. The molecule has 0 aliphatic carbocycles. The third kappa shape index (κ3) is 6.06. The number of hydrogen-bond donors (Lipinski definition) is 3. The number of carbonyl (C=O) groups is 2. The average Bonchev–Trinajstić information content (AvgIpc) is 2.13. The molecule has 15 heavy (non-hydrogen) atoms. The van der Waals surface area contributed by atoms with Gasteiger partial charge in [0.2, 0.25) is 5.91 Å². The topological polar surface area (TPSA) is 92.4 Å². The highest BCUT2D eigenvalue weighted by atomic mass is 16.4. The van der Waals surface area contributed by atoms with Crippen molar-refractivity contribution < 1.29 is 14.7 Å². The van der Waals surface area contributed by atoms with Gasteiger partial charge < -0.3 is 16.2 Å². The molecule has 0 aromatic rings. The molecule has 0 fully saturated rings. The first-order chi connectivity index (χ1) is 6.84. The molecule has 0 spiro atoms. The predicted octanol–water partition coefficient (Wildman–Crippen LogP) is 0.339. The number of aliphatic carboxylic acids is 1. The minimum Gasteiger partial charge on any atom is -0.480 e. The molecule has 2 atom stereocenters. The van der Waals surface area contributed by atoms with E-state index in [4.69, 9.17) is 10.8 Å². The van der Waals surface area contributed by atoms with Crippen molar-refractivity contribution in [3.05, 3.63) is 0 Å². The number of nitrogens with two attached hydrogens (primary N) is 1. The fraction of sp³-hybridized carbons (Fsp3) is 0.800. The molecule has 0 radical (unpaired) electrons. The van der Waals surface area contributed by atoms with Crippen molar-refractivity contribution in [2.24, 2.45) is 11.7 Å². The Balaban J connectivity index is 3.80. The highest BCUT2D eigenvalue weighted by Crippen LogP contribution is 2.01. The number of rotatable bonds is 6. The Morgan fingerprint density at radius 2 is 1.87 bits per heavy atom. The van der Waals surface area contributed by atoms with E-state index < -0.39 is 12.0 Å². The number of carboxylic acids is 1. The van der Waals surface area contributed by atoms with Crippen LogP contribution < -0.4 is 11.1 Å². The summed E-state index contributed by atoms with van der Waals surface area (Å²) in [6.45, 7) is 5.93. The van der Waals surface area contributed by atoms with Gasteiger partial charge in [-0.05, 0) is 19.3 Å². The summed E-state index contributed by atoms with van der Waals surface area (Å²) >= 11 is 0. The largest absolute Gasteiger partial charge is 0.480 e. The molecule has 0 aromatic heterocycles. The molecule has 1 amide bonds. The van der Waals surface area contributed by atoms with Gasteiger partial charge in [0.25, 0.3) is 0 Å². The van der Waals surface area contributed by atoms with Crippen molar-refractivity contribution in [1.82, 2.24) is 5.32 Å². The maximum absolute atomic E-state index is 11.3. The van der Waals surface area contributed by atoms with Crippen molar-refractivity contribution in [3.63, 3.8) is 0 Å². The minimum atomic E-state index is -1.07. The van der Waals surface area contributed by atoms with Crippen molar-refractivity contribution in [2.45, 2.75) is 45.7 Å². The third-order valence-corrected chi connectivity index (χ3v) is 2.39. The van der Waals surface area contributed by atoms with E-state index in [1.807, 2.05) is 20.8 Å². The maximum Gasteiger partial charge on any atom is 0.320 e. The van der Waals surface area contributed by atoms with Crippen LogP contribution in [-0.2, 0) is 9.59 Å². The SMILES string of the molecule is CC(C)C(C)NC(=O)CCC(N)C(=O)O. The fourth-order valence-electron chi connectivity index (χ4n) is 0.903. The van der Waals surface area contributed by atoms with Gasteiger partial charge in [-0.15, -0.1) is 0 Å². The Hall–Kier alpha value is -1.10. The monoisotopic (exact) mass is 216 g/mol. The molecule has 0 aliphatic heterocycles. The van der Waals surface area contributed by atoms with E-state index in [1.165, 1.54) is 0 Å². The molecule has 0 aromatic carbocycles. The van der Waals surface area contributed by atoms with Crippen LogP contribution >= 0.6 is 0 Å². The van der Waals surface area contributed by atoms with Crippen molar-refractivity contribution >= 4 is 11.9 Å². The second-order valence-electron chi connectivity index (χ2n) is 4.08. The predicted molar refractivity (Wildman–Crippen MR) is 57.3 cm³/mol. The zero-order valence-electron chi connectivity index (χ0n) is 9.49. The standard InChI is InChI=1S/C10H20N2O3/c1-6(2)7(3)12-9(13)5-4-8(11)10(14)15/h6-8H,4-5,11H2,1-3H3,(H,12,13)(H,14,15). The number of carbonyl (C=O) groups excluding carboxylic acids is 1. The lowest BCUT2D eigenvalue weighted by Gasteiger charge is -2.17. The molecule has 0 saturated heterocycles. The van der Waals surface area contributed by atoms with Crippen molar-refractivity contribution in [2.75, 3.05) is 0 Å². The number of hydrogen-bond acceptors (Lipinski definition) is 3. The average molecular weight is 216 g/mol. The Morgan fingerprint density at radius 3 is 2.27 bits per heavy atom. The summed E-state index contributed by atoms with van der Waals surface area (Å²) in [6.07, 6.45) is 0.330. The van der Waals surface area contributed by atoms with Crippen molar-refractivity contribution in [3.8, 4) is 0 Å². The van der Waals surface area contributed by atoms with Gasteiger partial charge in [0, 0.05) is 12.5 Å². The van der Waals surface area contributed by atoms with Gasteiger partial charge in [0.1, 0.15) is 6.04 Å². The van der Waals surface area contributed by atoms with Crippen LogP contribution in [0.1, 0.15) is 33.6 Å². The first kappa shape index (κ1) is 13.9. The molecule has 5 nitrogen and oxygen atoms in total. The van der Waals surface area contributed by atoms with Gasteiger partial charge in [-0.3, -0.25) is 9.59 Å². The second-order valence-corrected chi connectivity index (χ2v) is 4.08. The smallest absolute Gasteiger partial charge is 0.320 e. The lowest BCUT2D eigenvalue weighted by molar-refractivity contribution is -0.138. The molecule has 0 bridgehead atoms. The summed E-state index contributed by atoms with van der Waals surface area (Å²) in [4.78, 5) is 21.7. The number of amides is 1. The highest BCUT2D eigenvalue weighted by molar-refractivity contribution is 5.78. The zero-order valence-corrected chi connectivity index (χ0v) is 9.49. The van der Waals surface area contributed by atoms with E-state index in [0.717, 1.165) is 0 Å². The van der Waals surface area contributed by atoms with E-state index in [1.54, 1.807) is 0 Å². The van der Waals surface area contributed by atoms with Crippen molar-refractivity contribution in [1.29, 1.82) is 0 Å². The van der Waals surface area contributed by atoms with Gasteiger partial charge >= 0.3 is 5.97 Å². The summed E-state index contributed by atoms with van der Waals surface area (Å²) < 4.78 is 0. The first-order valence-corrected chi connectivity index (χ1v) is 5.12. The van der Waals surface area contributed by atoms with Crippen LogP contribution in [-0.4, -0.2) is 29.1 Å². The molecule has 5 heteroatoms. The molecule has 4 N–H and O–H groups in total. The molecular weight excluding hydrogens is 196 g/mol. The third-order valence-electron chi connectivity index (χ3n) is 2.39. The fourth-order valence-corrected chi connectivity index (χ4v) is 0.903. The lowest BCUT2D eigenvalue weighted by atomic mass is 10.1. The molecule has 0 aliphatic rings. The van der Waals surface area contributed by atoms with Gasteiger partial charge in [0.05, 0.1) is 0 Å². The van der Waals surface area contributed by atoms with Crippen LogP contribution in [0.25, 0.3) is 0 Å². The van der Waals surface area contributed by atoms with Crippen LogP contribution in [0.2, 0.25) is 0 Å². The molecule has 0 saturated carbocycles. The van der Waals surface area contributed by atoms with Crippen LogP contribution in [0.5, 0.6) is 0 Å². The summed E-state index contributed by atoms with van der Waals surface area (Å²) in [6, 6.07) is -0.858. The van der Waals surface area contributed by atoms with Crippen LogP contribution in [0.3, 0.4) is 0 Å². The molecule has 0 rings (SSSR count). The maximum atomic E-state index is 11.3. The Labute approximate surface area is 90.0 Å². The van der Waals surface area contributed by atoms with Crippen LogP contribution in [0.4, 0.5) is 0 Å². The molecule has 0 heterocycles. The van der Waals surface area contributed by atoms with E-state index in [2.05, 4.69) is 5.32 Å². The van der Waals surface area contributed by atoms with Crippen LogP contribution in [0, 0.1) is 5.92 Å². The molecule has 88 valence electrons. The Morgan fingerprint density at radius 1 is 1.33 bits per heavy atom. The summed E-state index contributed by atoms with van der Waals surface area (Å²) in [7, 11) is 0. The summed E-state index contributed by atoms with van der Waals surface area (Å²) in [5.41, 5.74) is 5.28. The quantitative estimate of drug-likeness (QED) is 0.597. The normalized spacial score (nSPS) is 14.7. The van der Waals surface area contributed by atoms with Gasteiger partial charge in [-0.25, -0.2) is 0 Å². The van der Waals surface area contributed by atoms with Gasteiger partial charge in [0.15, 0.2) is 0 Å². The second kappa shape index (κ2) is 6.40. The minimum absolute atomic E-state index is 0.0959. The van der Waals surface area contributed by atoms with E-state index in [0.29, 0.717) is 5.92 Å². The summed E-state index contributed by atoms with van der Waals surface area (Å²) in [5, 5.41) is 11.3. The van der Waals surface area contributed by atoms with E-state index in [9.17, 15) is 9.59 Å². The number of carboxylic acid groups (broad SMARTS) is 1. The summed E-state index contributed by atoms with van der Waals surface area (Å²) in [5.74, 6) is -0.852. The molecule has 2 unspecified atom stereocenters. The van der Waals surface area contributed by atoms with Crippen LogP contribution in [0.15, 0.2) is 0 Å². The van der Waals surface area contributed by atoms with Gasteiger partial charge in [-0.1, -0.05) is 13.8 Å². The Bertz CT molecular complexity index is 229. The Kier molecular flexibility index (Phi) is 5.93. The van der Waals surface area contributed by atoms with E-state index >= 15 is 0 Å². The number of nitrogens with one attached hydrogen (secondary N) is 1. The molecular formula is C10H20N2O3. The van der Waals surface area contributed by atoms with Gasteiger partial charge in [-0.2, -0.15) is 0 Å². The zero-order chi connectivity index (χ0) is 12.0. The van der Waals surface area contributed by atoms with E-state index in [-0.39, 0.29) is 24.8 Å².